The fraction of sp³-hybridized carbons (Fsp3) is 0.900. The fourth-order valence-electron chi connectivity index (χ4n) is 3.71. The minimum Gasteiger partial charge on any atom is -0.296 e. The van der Waals surface area contributed by atoms with Gasteiger partial charge in [-0.2, -0.15) is 0 Å². The van der Waals surface area contributed by atoms with Crippen molar-refractivity contribution in [2.45, 2.75) is 104 Å². The number of hydrogen-bond acceptors (Lipinski definition) is 2. The van der Waals surface area contributed by atoms with Gasteiger partial charge in [0.25, 0.3) is 0 Å². The summed E-state index contributed by atoms with van der Waals surface area (Å²) < 4.78 is 0. The van der Waals surface area contributed by atoms with Crippen molar-refractivity contribution < 1.29 is 9.59 Å². The number of carbonyl (C=O) groups excluding carboxylic acids is 2. The number of amides is 2. The van der Waals surface area contributed by atoms with Gasteiger partial charge in [-0.15, -0.1) is 0 Å². The second-order valence-corrected chi connectivity index (χ2v) is 7.22. The van der Waals surface area contributed by atoms with E-state index in [2.05, 4.69) is 19.2 Å². The van der Waals surface area contributed by atoms with Crippen molar-refractivity contribution >= 4 is 11.8 Å². The second-order valence-electron chi connectivity index (χ2n) is 7.22. The molecule has 0 radical (unpaired) electrons. The van der Waals surface area contributed by atoms with Crippen molar-refractivity contribution in [2.75, 3.05) is 0 Å². The molecule has 0 aliphatic carbocycles. The zero-order valence-electron chi connectivity index (χ0n) is 15.4. The lowest BCUT2D eigenvalue weighted by Crippen LogP contribution is -2.26. The molecule has 0 saturated carbocycles. The molecule has 3 heteroatoms. The van der Waals surface area contributed by atoms with Crippen LogP contribution in [0.5, 0.6) is 0 Å². The number of unbranched alkanes of at least 4 members (excludes halogenated alkanes) is 10. The summed E-state index contributed by atoms with van der Waals surface area (Å²) in [6.45, 7) is 4.40. The molecule has 1 heterocycles. The third-order valence-electron chi connectivity index (χ3n) is 5.28. The maximum Gasteiger partial charge on any atom is 0.230 e. The van der Waals surface area contributed by atoms with Gasteiger partial charge >= 0.3 is 0 Å². The molecule has 134 valence electrons. The van der Waals surface area contributed by atoms with E-state index < -0.39 is 0 Å². The highest BCUT2D eigenvalue weighted by molar-refractivity contribution is 6.03. The van der Waals surface area contributed by atoms with E-state index >= 15 is 0 Å². The van der Waals surface area contributed by atoms with Gasteiger partial charge in [-0.3, -0.25) is 14.9 Å². The Balaban J connectivity index is 1.97. The zero-order valence-corrected chi connectivity index (χ0v) is 15.4. The van der Waals surface area contributed by atoms with Gasteiger partial charge in [0.05, 0.1) is 0 Å². The second kappa shape index (κ2) is 12.5. The maximum atomic E-state index is 11.8. The van der Waals surface area contributed by atoms with E-state index in [1.807, 2.05) is 0 Å². The third kappa shape index (κ3) is 8.53. The van der Waals surface area contributed by atoms with E-state index in [4.69, 9.17) is 0 Å². The molecule has 0 bridgehead atoms. The monoisotopic (exact) mass is 323 g/mol. The van der Waals surface area contributed by atoms with Crippen LogP contribution >= 0.6 is 0 Å². The molecule has 1 aliphatic rings. The first-order chi connectivity index (χ1) is 11.2. The van der Waals surface area contributed by atoms with Crippen molar-refractivity contribution in [1.29, 1.82) is 0 Å². The first kappa shape index (κ1) is 20.2. The molecular weight excluding hydrogens is 286 g/mol. The minimum atomic E-state index is -0.0858. The van der Waals surface area contributed by atoms with Crippen LogP contribution in [0.3, 0.4) is 0 Å². The Labute approximate surface area is 143 Å². The summed E-state index contributed by atoms with van der Waals surface area (Å²) in [7, 11) is 0. The lowest BCUT2D eigenvalue weighted by molar-refractivity contribution is -0.126. The predicted octanol–water partition coefficient (Wildman–Crippen LogP) is 5.38. The van der Waals surface area contributed by atoms with E-state index in [-0.39, 0.29) is 17.7 Å². The van der Waals surface area contributed by atoms with Crippen LogP contribution in [-0.2, 0) is 9.59 Å². The van der Waals surface area contributed by atoms with Crippen LogP contribution in [0.1, 0.15) is 104 Å². The lowest BCUT2D eigenvalue weighted by Gasteiger charge is -2.19. The summed E-state index contributed by atoms with van der Waals surface area (Å²) in [4.78, 5) is 23.1. The number of carbonyl (C=O) groups is 2. The summed E-state index contributed by atoms with van der Waals surface area (Å²) >= 11 is 0. The molecule has 0 aromatic rings. The van der Waals surface area contributed by atoms with Crippen LogP contribution in [0, 0.1) is 11.8 Å². The summed E-state index contributed by atoms with van der Waals surface area (Å²) in [5, 5.41) is 2.45. The molecule has 23 heavy (non-hydrogen) atoms. The van der Waals surface area contributed by atoms with E-state index in [0.717, 1.165) is 12.8 Å². The van der Waals surface area contributed by atoms with Gasteiger partial charge in [0.15, 0.2) is 0 Å². The zero-order chi connectivity index (χ0) is 16.9. The molecule has 2 amide bonds. The van der Waals surface area contributed by atoms with Gasteiger partial charge in [-0.1, -0.05) is 90.9 Å². The van der Waals surface area contributed by atoms with Crippen LogP contribution in [0.2, 0.25) is 0 Å². The smallest absolute Gasteiger partial charge is 0.230 e. The van der Waals surface area contributed by atoms with E-state index in [1.165, 1.54) is 70.6 Å². The first-order valence-electron chi connectivity index (χ1n) is 10.0. The van der Waals surface area contributed by atoms with Gasteiger partial charge in [0.2, 0.25) is 11.8 Å². The summed E-state index contributed by atoms with van der Waals surface area (Å²) in [5.74, 6) is 0.206. The number of hydrogen-bond donors (Lipinski definition) is 1. The van der Waals surface area contributed by atoms with E-state index in [0.29, 0.717) is 12.3 Å². The molecule has 1 fully saturated rings. The van der Waals surface area contributed by atoms with Crippen LogP contribution in [0.4, 0.5) is 0 Å². The average Bonchev–Trinajstić information content (AvgIpc) is 2.87. The number of nitrogens with one attached hydrogen (secondary N) is 1. The molecule has 0 aromatic heterocycles. The van der Waals surface area contributed by atoms with Crippen molar-refractivity contribution in [1.82, 2.24) is 5.32 Å². The Hall–Kier alpha value is -0.860. The standard InChI is InChI=1S/C20H37NO2/c1-3-5-6-7-8-9-10-11-12-13-14-15-17(4-2)18-16-19(22)21-20(18)23/h17-18H,3-16H2,1-2H3,(H,21,22,23). The largest absolute Gasteiger partial charge is 0.296 e. The Bertz CT molecular complexity index is 341. The van der Waals surface area contributed by atoms with Gasteiger partial charge in [-0.05, 0) is 12.3 Å². The normalized spacial score (nSPS) is 19.1. The van der Waals surface area contributed by atoms with E-state index in [9.17, 15) is 9.59 Å². The van der Waals surface area contributed by atoms with Crippen molar-refractivity contribution in [3.63, 3.8) is 0 Å². The highest BCUT2D eigenvalue weighted by atomic mass is 16.2. The fourth-order valence-corrected chi connectivity index (χ4v) is 3.71. The molecule has 2 unspecified atom stereocenters. The summed E-state index contributed by atoms with van der Waals surface area (Å²) in [6.07, 6.45) is 17.4. The third-order valence-corrected chi connectivity index (χ3v) is 5.28. The van der Waals surface area contributed by atoms with Crippen LogP contribution in [0.25, 0.3) is 0 Å². The molecule has 1 N–H and O–H groups in total. The Kier molecular flexibility index (Phi) is 11.0. The predicted molar refractivity (Wildman–Crippen MR) is 96.1 cm³/mol. The first-order valence-corrected chi connectivity index (χ1v) is 10.0. The van der Waals surface area contributed by atoms with Gasteiger partial charge in [-0.25, -0.2) is 0 Å². The highest BCUT2D eigenvalue weighted by Crippen LogP contribution is 2.28. The average molecular weight is 324 g/mol. The minimum absolute atomic E-state index is 0.0371. The molecule has 2 atom stereocenters. The van der Waals surface area contributed by atoms with E-state index in [1.54, 1.807) is 0 Å². The molecule has 3 nitrogen and oxygen atoms in total. The van der Waals surface area contributed by atoms with Crippen LogP contribution in [0.15, 0.2) is 0 Å². The van der Waals surface area contributed by atoms with Crippen molar-refractivity contribution in [2.24, 2.45) is 11.8 Å². The Morgan fingerprint density at radius 1 is 0.870 bits per heavy atom. The van der Waals surface area contributed by atoms with Crippen LogP contribution in [-0.4, -0.2) is 11.8 Å². The van der Waals surface area contributed by atoms with Crippen molar-refractivity contribution in [3.05, 3.63) is 0 Å². The Morgan fingerprint density at radius 2 is 1.39 bits per heavy atom. The molecule has 0 spiro atoms. The topological polar surface area (TPSA) is 46.2 Å². The Morgan fingerprint density at radius 3 is 1.83 bits per heavy atom. The quantitative estimate of drug-likeness (QED) is 0.345. The van der Waals surface area contributed by atoms with Crippen LogP contribution < -0.4 is 5.32 Å². The molecule has 1 rings (SSSR count). The lowest BCUT2D eigenvalue weighted by atomic mass is 9.84. The molecule has 1 aliphatic heterocycles. The number of rotatable bonds is 14. The van der Waals surface area contributed by atoms with Crippen molar-refractivity contribution in [3.8, 4) is 0 Å². The maximum absolute atomic E-state index is 11.8. The summed E-state index contributed by atoms with van der Waals surface area (Å²) in [5.41, 5.74) is 0. The molecule has 1 saturated heterocycles. The van der Waals surface area contributed by atoms with Gasteiger partial charge < -0.3 is 0 Å². The number of imide groups is 1. The SMILES string of the molecule is CCCCCCCCCCCCCC(CC)C1CC(=O)NC1=O. The molecule has 0 aromatic carbocycles. The van der Waals surface area contributed by atoms with Gasteiger partial charge in [0.1, 0.15) is 0 Å². The highest BCUT2D eigenvalue weighted by Gasteiger charge is 2.35. The molecular formula is C20H37NO2. The van der Waals surface area contributed by atoms with Gasteiger partial charge in [0, 0.05) is 12.3 Å². The summed E-state index contributed by atoms with van der Waals surface area (Å²) in [6, 6.07) is 0.